The van der Waals surface area contributed by atoms with Gasteiger partial charge in [-0.25, -0.2) is 0 Å². The molecule has 1 aliphatic rings. The number of rotatable bonds is 7. The Morgan fingerprint density at radius 2 is 1.83 bits per heavy atom. The van der Waals surface area contributed by atoms with Gasteiger partial charge in [0.05, 0.1) is 19.8 Å². The number of benzene rings is 1. The summed E-state index contributed by atoms with van der Waals surface area (Å²) in [6.07, 6.45) is 0.990. The zero-order chi connectivity index (χ0) is 16.7. The highest BCUT2D eigenvalue weighted by Gasteiger charge is 2.13. The SMILES string of the molecule is Cc1cc(C)c(OCC(=O)NCCC[NH+]2CCOCC2)c(C)c1.[Cl-]. The van der Waals surface area contributed by atoms with E-state index in [-0.39, 0.29) is 24.9 Å². The van der Waals surface area contributed by atoms with Gasteiger partial charge in [-0.15, -0.1) is 0 Å². The van der Waals surface area contributed by atoms with Gasteiger partial charge >= 0.3 is 0 Å². The van der Waals surface area contributed by atoms with Crippen molar-refractivity contribution in [2.75, 3.05) is 46.0 Å². The second-order valence-corrected chi connectivity index (χ2v) is 6.33. The normalized spacial score (nSPS) is 14.8. The van der Waals surface area contributed by atoms with E-state index in [0.29, 0.717) is 6.54 Å². The molecular weight excluding hydrogens is 328 g/mol. The highest BCUT2D eigenvalue weighted by Crippen LogP contribution is 2.24. The van der Waals surface area contributed by atoms with E-state index < -0.39 is 0 Å². The molecule has 0 aliphatic carbocycles. The van der Waals surface area contributed by atoms with Crippen molar-refractivity contribution in [2.45, 2.75) is 27.2 Å². The number of quaternary nitrogens is 1. The Hall–Kier alpha value is -1.30. The van der Waals surface area contributed by atoms with Gasteiger partial charge in [-0.1, -0.05) is 17.7 Å². The van der Waals surface area contributed by atoms with E-state index in [1.165, 1.54) is 5.56 Å². The Morgan fingerprint density at radius 1 is 1.21 bits per heavy atom. The summed E-state index contributed by atoms with van der Waals surface area (Å²) < 4.78 is 11.0. The van der Waals surface area contributed by atoms with Gasteiger partial charge in [-0.05, 0) is 31.9 Å². The molecule has 1 saturated heterocycles. The summed E-state index contributed by atoms with van der Waals surface area (Å²) in [5, 5.41) is 2.93. The average Bonchev–Trinajstić information content (AvgIpc) is 2.51. The van der Waals surface area contributed by atoms with Crippen molar-refractivity contribution in [3.63, 3.8) is 0 Å². The first-order chi connectivity index (χ1) is 11.1. The first kappa shape index (κ1) is 20.7. The van der Waals surface area contributed by atoms with Gasteiger partial charge in [0.15, 0.2) is 6.61 Å². The van der Waals surface area contributed by atoms with Crippen molar-refractivity contribution in [2.24, 2.45) is 0 Å². The van der Waals surface area contributed by atoms with Crippen LogP contribution in [-0.4, -0.2) is 51.9 Å². The van der Waals surface area contributed by atoms with Gasteiger partial charge in [0, 0.05) is 13.0 Å². The quantitative estimate of drug-likeness (QED) is 0.528. The summed E-state index contributed by atoms with van der Waals surface area (Å²) in [4.78, 5) is 13.5. The standard InChI is InChI=1S/C18H28N2O3.ClH/c1-14-11-15(2)18(16(3)12-14)23-13-17(21)19-5-4-6-20-7-9-22-10-8-20;/h11-12H,4-10,13H2,1-3H3,(H,19,21);1H. The minimum atomic E-state index is -0.0543. The highest BCUT2D eigenvalue weighted by molar-refractivity contribution is 5.77. The van der Waals surface area contributed by atoms with Crippen LogP contribution in [0.5, 0.6) is 5.75 Å². The maximum Gasteiger partial charge on any atom is 0.257 e. The molecule has 1 heterocycles. The zero-order valence-electron chi connectivity index (χ0n) is 14.9. The Balaban J connectivity index is 0.00000288. The van der Waals surface area contributed by atoms with Gasteiger partial charge in [-0.3, -0.25) is 4.79 Å². The van der Waals surface area contributed by atoms with Crippen LogP contribution in [0.25, 0.3) is 0 Å². The molecule has 1 amide bonds. The number of hydrogen-bond acceptors (Lipinski definition) is 3. The van der Waals surface area contributed by atoms with Gasteiger partial charge in [0.2, 0.25) is 0 Å². The number of aryl methyl sites for hydroxylation is 3. The molecular formula is C18H29ClN2O3. The third kappa shape index (κ3) is 6.67. The largest absolute Gasteiger partial charge is 1.00 e. The summed E-state index contributed by atoms with van der Waals surface area (Å²) >= 11 is 0. The lowest BCUT2D eigenvalue weighted by molar-refractivity contribution is -0.908. The van der Waals surface area contributed by atoms with Crippen LogP contribution in [0, 0.1) is 20.8 Å². The first-order valence-corrected chi connectivity index (χ1v) is 8.45. The number of carbonyl (C=O) groups excluding carboxylic acids is 1. The Morgan fingerprint density at radius 3 is 2.46 bits per heavy atom. The van der Waals surface area contributed by atoms with Gasteiger partial charge in [0.1, 0.15) is 18.8 Å². The minimum Gasteiger partial charge on any atom is -1.00 e. The summed E-state index contributed by atoms with van der Waals surface area (Å²) in [6.45, 7) is 11.8. The molecule has 2 rings (SSSR count). The molecule has 1 aromatic carbocycles. The van der Waals surface area contributed by atoms with Crippen molar-refractivity contribution in [1.29, 1.82) is 0 Å². The molecule has 1 aromatic rings. The van der Waals surface area contributed by atoms with Crippen LogP contribution in [0.4, 0.5) is 0 Å². The number of halogens is 1. The fourth-order valence-corrected chi connectivity index (χ4v) is 3.06. The molecule has 6 heteroatoms. The molecule has 0 radical (unpaired) electrons. The van der Waals surface area contributed by atoms with Crippen molar-refractivity contribution >= 4 is 5.91 Å². The molecule has 2 N–H and O–H groups in total. The van der Waals surface area contributed by atoms with Gasteiger partial charge in [-0.2, -0.15) is 0 Å². The molecule has 1 fully saturated rings. The molecule has 0 spiro atoms. The van der Waals surface area contributed by atoms with Gasteiger partial charge in [0.25, 0.3) is 5.91 Å². The van der Waals surface area contributed by atoms with Crippen LogP contribution in [0.3, 0.4) is 0 Å². The molecule has 0 bridgehead atoms. The van der Waals surface area contributed by atoms with Crippen LogP contribution >= 0.6 is 0 Å². The Kier molecular flexibility index (Phi) is 9.11. The van der Waals surface area contributed by atoms with Crippen LogP contribution in [0.1, 0.15) is 23.1 Å². The number of morpholine rings is 1. The molecule has 24 heavy (non-hydrogen) atoms. The number of carbonyl (C=O) groups is 1. The van der Waals surface area contributed by atoms with Crippen LogP contribution < -0.4 is 27.4 Å². The third-order valence-electron chi connectivity index (χ3n) is 4.18. The van der Waals surface area contributed by atoms with Crippen molar-refractivity contribution in [3.8, 4) is 5.75 Å². The van der Waals surface area contributed by atoms with Gasteiger partial charge < -0.3 is 32.1 Å². The Labute approximate surface area is 151 Å². The van der Waals surface area contributed by atoms with E-state index >= 15 is 0 Å². The summed E-state index contributed by atoms with van der Waals surface area (Å²) in [7, 11) is 0. The van der Waals surface area contributed by atoms with E-state index in [0.717, 1.165) is 56.1 Å². The molecule has 0 saturated carbocycles. The maximum absolute atomic E-state index is 11.9. The fraction of sp³-hybridized carbons (Fsp3) is 0.611. The molecule has 0 aromatic heterocycles. The summed E-state index contributed by atoms with van der Waals surface area (Å²) in [5.74, 6) is 0.768. The third-order valence-corrected chi connectivity index (χ3v) is 4.18. The number of nitrogens with one attached hydrogen (secondary N) is 2. The Bertz CT molecular complexity index is 508. The lowest BCUT2D eigenvalue weighted by atomic mass is 10.1. The van der Waals surface area contributed by atoms with E-state index in [4.69, 9.17) is 9.47 Å². The zero-order valence-corrected chi connectivity index (χ0v) is 15.7. The van der Waals surface area contributed by atoms with Crippen LogP contribution in [-0.2, 0) is 9.53 Å². The molecule has 136 valence electrons. The van der Waals surface area contributed by atoms with Crippen molar-refractivity contribution in [3.05, 3.63) is 28.8 Å². The smallest absolute Gasteiger partial charge is 0.257 e. The van der Waals surface area contributed by atoms with Crippen molar-refractivity contribution in [1.82, 2.24) is 5.32 Å². The number of hydrogen-bond donors (Lipinski definition) is 2. The van der Waals surface area contributed by atoms with E-state index in [2.05, 4.69) is 24.4 Å². The maximum atomic E-state index is 11.9. The second kappa shape index (κ2) is 10.5. The summed E-state index contributed by atoms with van der Waals surface area (Å²) in [6, 6.07) is 4.15. The average molecular weight is 357 g/mol. The van der Waals surface area contributed by atoms with E-state index in [9.17, 15) is 4.79 Å². The molecule has 5 nitrogen and oxygen atoms in total. The van der Waals surface area contributed by atoms with Crippen molar-refractivity contribution < 1.29 is 31.6 Å². The highest BCUT2D eigenvalue weighted by atomic mass is 35.5. The minimum absolute atomic E-state index is 0. The molecule has 0 atom stereocenters. The topological polar surface area (TPSA) is 52.0 Å². The van der Waals surface area contributed by atoms with E-state index in [1.807, 2.05) is 13.8 Å². The molecule has 0 unspecified atom stereocenters. The fourth-order valence-electron chi connectivity index (χ4n) is 3.06. The van der Waals surface area contributed by atoms with E-state index in [1.54, 1.807) is 4.90 Å². The lowest BCUT2D eigenvalue weighted by Crippen LogP contribution is -3.14. The van der Waals surface area contributed by atoms with Crippen LogP contribution in [0.15, 0.2) is 12.1 Å². The summed E-state index contributed by atoms with van der Waals surface area (Å²) in [5.41, 5.74) is 3.36. The number of amides is 1. The van der Waals surface area contributed by atoms with Crippen LogP contribution in [0.2, 0.25) is 0 Å². The second-order valence-electron chi connectivity index (χ2n) is 6.33. The predicted molar refractivity (Wildman–Crippen MR) is 90.2 cm³/mol. The monoisotopic (exact) mass is 356 g/mol. The lowest BCUT2D eigenvalue weighted by Gasteiger charge is -2.23. The first-order valence-electron chi connectivity index (χ1n) is 8.45. The number of ether oxygens (including phenoxy) is 2. The predicted octanol–water partition coefficient (Wildman–Crippen LogP) is -2.58. The molecule has 1 aliphatic heterocycles.